The first kappa shape index (κ1) is 19.2. The van der Waals surface area contributed by atoms with E-state index in [1.165, 1.54) is 55.4 Å². The van der Waals surface area contributed by atoms with Gasteiger partial charge in [-0.3, -0.25) is 0 Å². The van der Waals surface area contributed by atoms with E-state index in [-0.39, 0.29) is 0 Å². The van der Waals surface area contributed by atoms with Crippen LogP contribution in [0.5, 0.6) is 0 Å². The zero-order valence-electron chi connectivity index (χ0n) is 13.7. The van der Waals surface area contributed by atoms with E-state index in [0.29, 0.717) is 5.02 Å². The van der Waals surface area contributed by atoms with Gasteiger partial charge in [0, 0.05) is 0 Å². The SMILES string of the molecule is CCC[CH2][Sn]([CH2]CCC)([CH2]CCC)[c]1ccnc(F)c1Cl. The van der Waals surface area contributed by atoms with Crippen LogP contribution in [-0.4, -0.2) is 23.4 Å². The van der Waals surface area contributed by atoms with Crippen molar-refractivity contribution in [1.29, 1.82) is 0 Å². The number of nitrogens with zero attached hydrogens (tertiary/aromatic N) is 1. The fourth-order valence-corrected chi connectivity index (χ4v) is 20.7. The molecule has 0 unspecified atom stereocenters. The first-order valence-corrected chi connectivity index (χ1v) is 16.3. The number of aromatic nitrogens is 1. The van der Waals surface area contributed by atoms with Crippen molar-refractivity contribution in [2.75, 3.05) is 0 Å². The van der Waals surface area contributed by atoms with Gasteiger partial charge in [-0.05, 0) is 0 Å². The van der Waals surface area contributed by atoms with Crippen molar-refractivity contribution in [3.63, 3.8) is 0 Å². The average Bonchev–Trinajstić information content (AvgIpc) is 2.50. The summed E-state index contributed by atoms with van der Waals surface area (Å²) in [4.78, 5) is 3.73. The summed E-state index contributed by atoms with van der Waals surface area (Å²) in [5.41, 5.74) is 0. The van der Waals surface area contributed by atoms with Crippen LogP contribution in [0.4, 0.5) is 4.39 Å². The van der Waals surface area contributed by atoms with Crippen molar-refractivity contribution >= 4 is 33.6 Å². The second-order valence-corrected chi connectivity index (χ2v) is 19.6. The molecule has 0 aliphatic carbocycles. The van der Waals surface area contributed by atoms with Crippen LogP contribution < -0.4 is 3.58 Å². The molecule has 1 aromatic rings. The Hall–Kier alpha value is 0.169. The molecule has 0 bridgehead atoms. The van der Waals surface area contributed by atoms with Crippen molar-refractivity contribution in [3.8, 4) is 0 Å². The van der Waals surface area contributed by atoms with Crippen LogP contribution >= 0.6 is 11.6 Å². The fraction of sp³-hybridized carbons (Fsp3) is 0.706. The van der Waals surface area contributed by atoms with Gasteiger partial charge in [0.1, 0.15) is 0 Å². The molecule has 1 rings (SSSR count). The normalized spacial score (nSPS) is 11.9. The molecule has 120 valence electrons. The molecule has 1 aromatic heterocycles. The van der Waals surface area contributed by atoms with Crippen LogP contribution in [0, 0.1) is 5.95 Å². The zero-order chi connectivity index (χ0) is 15.7. The summed E-state index contributed by atoms with van der Waals surface area (Å²) >= 11 is 3.72. The van der Waals surface area contributed by atoms with Crippen LogP contribution in [0.15, 0.2) is 12.3 Å². The number of unbranched alkanes of at least 4 members (excludes halogenated alkanes) is 3. The van der Waals surface area contributed by atoms with Crippen LogP contribution in [-0.2, 0) is 0 Å². The molecule has 21 heavy (non-hydrogen) atoms. The van der Waals surface area contributed by atoms with Gasteiger partial charge >= 0.3 is 139 Å². The van der Waals surface area contributed by atoms with Crippen molar-refractivity contribution in [2.45, 2.75) is 72.6 Å². The summed E-state index contributed by atoms with van der Waals surface area (Å²) in [6.45, 7) is 6.72. The van der Waals surface area contributed by atoms with Crippen molar-refractivity contribution < 1.29 is 4.39 Å². The Bertz CT molecular complexity index is 403. The van der Waals surface area contributed by atoms with E-state index in [1.807, 2.05) is 6.07 Å². The molecule has 0 fully saturated rings. The maximum atomic E-state index is 13.9. The average molecular weight is 421 g/mol. The number of hydrogen-bond acceptors (Lipinski definition) is 1. The van der Waals surface area contributed by atoms with Gasteiger partial charge in [0.05, 0.1) is 0 Å². The summed E-state index contributed by atoms with van der Waals surface area (Å²) < 4.78 is 19.0. The van der Waals surface area contributed by atoms with Gasteiger partial charge in [0.25, 0.3) is 0 Å². The molecular weight excluding hydrogens is 391 g/mol. The van der Waals surface area contributed by atoms with Crippen LogP contribution in [0.3, 0.4) is 0 Å². The summed E-state index contributed by atoms with van der Waals surface area (Å²) in [6, 6.07) is 2.03. The molecular formula is C17H29ClFNSn. The molecule has 0 spiro atoms. The summed E-state index contributed by atoms with van der Waals surface area (Å²) in [6.07, 6.45) is 9.01. The maximum absolute atomic E-state index is 13.9. The molecule has 0 aliphatic rings. The third-order valence-corrected chi connectivity index (χ3v) is 20.9. The van der Waals surface area contributed by atoms with E-state index in [2.05, 4.69) is 25.8 Å². The van der Waals surface area contributed by atoms with Crippen LogP contribution in [0.25, 0.3) is 0 Å². The molecule has 0 saturated heterocycles. The van der Waals surface area contributed by atoms with E-state index < -0.39 is 24.3 Å². The number of halogens is 2. The van der Waals surface area contributed by atoms with Gasteiger partial charge in [-0.1, -0.05) is 0 Å². The topological polar surface area (TPSA) is 12.9 Å². The van der Waals surface area contributed by atoms with E-state index in [1.54, 1.807) is 6.20 Å². The van der Waals surface area contributed by atoms with E-state index in [9.17, 15) is 4.39 Å². The van der Waals surface area contributed by atoms with Gasteiger partial charge in [0.15, 0.2) is 0 Å². The van der Waals surface area contributed by atoms with Gasteiger partial charge in [-0.15, -0.1) is 0 Å². The van der Waals surface area contributed by atoms with Crippen molar-refractivity contribution in [2.24, 2.45) is 0 Å². The number of pyridine rings is 1. The van der Waals surface area contributed by atoms with Crippen LogP contribution in [0.1, 0.15) is 59.3 Å². The van der Waals surface area contributed by atoms with Gasteiger partial charge in [-0.25, -0.2) is 0 Å². The monoisotopic (exact) mass is 421 g/mol. The Balaban J connectivity index is 3.19. The minimum absolute atomic E-state index is 0.330. The molecule has 1 heterocycles. The molecule has 0 atom stereocenters. The molecule has 0 amide bonds. The Morgan fingerprint density at radius 2 is 1.48 bits per heavy atom. The third kappa shape index (κ3) is 5.38. The molecule has 0 aromatic carbocycles. The Morgan fingerprint density at radius 3 is 1.90 bits per heavy atom. The molecule has 0 saturated carbocycles. The molecule has 0 radical (unpaired) electrons. The quantitative estimate of drug-likeness (QED) is 0.338. The van der Waals surface area contributed by atoms with Gasteiger partial charge in [0.2, 0.25) is 0 Å². The zero-order valence-corrected chi connectivity index (χ0v) is 17.3. The standard InChI is InChI=1S/C5H2ClFN.3C4H9.Sn/c6-4-2-1-3-8-5(4)7;3*1-3-4-2;/h1,3H;3*1,3-4H2,2H3;. The second-order valence-electron chi connectivity index (χ2n) is 6.05. The fourth-order valence-electron chi connectivity index (χ4n) is 3.15. The Kier molecular flexibility index (Phi) is 9.19. The molecule has 4 heteroatoms. The minimum atomic E-state index is -2.61. The van der Waals surface area contributed by atoms with Crippen LogP contribution in [0.2, 0.25) is 18.3 Å². The molecule has 0 N–H and O–H groups in total. The summed E-state index contributed by atoms with van der Waals surface area (Å²) in [5, 5.41) is 0.330. The van der Waals surface area contributed by atoms with E-state index in [0.717, 1.165) is 0 Å². The summed E-state index contributed by atoms with van der Waals surface area (Å²) in [5.74, 6) is -0.472. The van der Waals surface area contributed by atoms with E-state index >= 15 is 0 Å². The number of rotatable bonds is 10. The van der Waals surface area contributed by atoms with Crippen molar-refractivity contribution in [1.82, 2.24) is 4.98 Å². The molecule has 1 nitrogen and oxygen atoms in total. The predicted molar refractivity (Wildman–Crippen MR) is 93.7 cm³/mol. The second kappa shape index (κ2) is 10.0. The Morgan fingerprint density at radius 1 is 1.00 bits per heavy atom. The molecule has 0 aliphatic heterocycles. The van der Waals surface area contributed by atoms with Gasteiger partial charge in [-0.2, -0.15) is 0 Å². The third-order valence-electron chi connectivity index (χ3n) is 4.44. The van der Waals surface area contributed by atoms with Crippen molar-refractivity contribution in [3.05, 3.63) is 23.2 Å². The number of hydrogen-bond donors (Lipinski definition) is 0. The van der Waals surface area contributed by atoms with Gasteiger partial charge < -0.3 is 0 Å². The summed E-state index contributed by atoms with van der Waals surface area (Å²) in [7, 11) is 0. The van der Waals surface area contributed by atoms with E-state index in [4.69, 9.17) is 11.6 Å². The Labute approximate surface area is 138 Å². The predicted octanol–water partition coefficient (Wildman–Crippen LogP) is 5.93. The first-order chi connectivity index (χ1) is 10.1. The first-order valence-electron chi connectivity index (χ1n) is 8.41.